The highest BCUT2D eigenvalue weighted by atomic mass is 32.1. The maximum Gasteiger partial charge on any atom is 0.206 e. The SMILES string of the molecule is CCn1cc(C(=O)c2sccc2C)cn1. The first-order chi connectivity index (χ1) is 7.22. The summed E-state index contributed by atoms with van der Waals surface area (Å²) in [5.74, 6) is 0.0715. The number of thiophene rings is 1. The molecule has 78 valence electrons. The Bertz CT molecular complexity index is 484. The van der Waals surface area contributed by atoms with Crippen LogP contribution < -0.4 is 0 Å². The standard InChI is InChI=1S/C11H12N2OS/c1-3-13-7-9(6-12-13)10(14)11-8(2)4-5-15-11/h4-7H,3H2,1-2H3. The largest absolute Gasteiger partial charge is 0.288 e. The first kappa shape index (κ1) is 10.1. The highest BCUT2D eigenvalue weighted by molar-refractivity contribution is 7.12. The minimum Gasteiger partial charge on any atom is -0.288 e. The molecule has 0 aliphatic heterocycles. The van der Waals surface area contributed by atoms with Gasteiger partial charge in [0.05, 0.1) is 16.6 Å². The molecule has 0 atom stereocenters. The van der Waals surface area contributed by atoms with E-state index in [-0.39, 0.29) is 5.78 Å². The first-order valence-corrected chi connectivity index (χ1v) is 5.71. The van der Waals surface area contributed by atoms with Gasteiger partial charge in [-0.15, -0.1) is 11.3 Å². The quantitative estimate of drug-likeness (QED) is 0.745. The van der Waals surface area contributed by atoms with Crippen LogP contribution in [0.1, 0.15) is 27.7 Å². The fraction of sp³-hybridized carbons (Fsp3) is 0.273. The Labute approximate surface area is 92.4 Å². The Morgan fingerprint density at radius 3 is 2.93 bits per heavy atom. The number of ketones is 1. The smallest absolute Gasteiger partial charge is 0.206 e. The highest BCUT2D eigenvalue weighted by Gasteiger charge is 2.14. The molecule has 0 saturated carbocycles. The molecule has 15 heavy (non-hydrogen) atoms. The summed E-state index contributed by atoms with van der Waals surface area (Å²) < 4.78 is 1.76. The van der Waals surface area contributed by atoms with Crippen LogP contribution in [-0.2, 0) is 6.54 Å². The molecule has 2 rings (SSSR count). The molecule has 2 aromatic rings. The van der Waals surface area contributed by atoms with Crippen molar-refractivity contribution in [3.05, 3.63) is 39.8 Å². The van der Waals surface area contributed by atoms with E-state index >= 15 is 0 Å². The van der Waals surface area contributed by atoms with E-state index in [1.54, 1.807) is 17.1 Å². The minimum atomic E-state index is 0.0715. The molecule has 0 saturated heterocycles. The number of carbonyl (C=O) groups excluding carboxylic acids is 1. The molecule has 0 N–H and O–H groups in total. The summed E-state index contributed by atoms with van der Waals surface area (Å²) in [5, 5.41) is 6.03. The number of hydrogen-bond acceptors (Lipinski definition) is 3. The Morgan fingerprint density at radius 2 is 2.40 bits per heavy atom. The maximum absolute atomic E-state index is 12.0. The van der Waals surface area contributed by atoms with Gasteiger partial charge in [0.25, 0.3) is 0 Å². The molecule has 0 aliphatic carbocycles. The van der Waals surface area contributed by atoms with Gasteiger partial charge in [0.1, 0.15) is 0 Å². The zero-order valence-corrected chi connectivity index (χ0v) is 9.54. The van der Waals surface area contributed by atoms with Gasteiger partial charge in [0.15, 0.2) is 0 Å². The van der Waals surface area contributed by atoms with Gasteiger partial charge in [-0.1, -0.05) is 0 Å². The molecular formula is C11H12N2OS. The lowest BCUT2D eigenvalue weighted by atomic mass is 10.1. The van der Waals surface area contributed by atoms with Gasteiger partial charge in [0.2, 0.25) is 5.78 Å². The maximum atomic E-state index is 12.0. The van der Waals surface area contributed by atoms with Crippen LogP contribution in [0.2, 0.25) is 0 Å². The van der Waals surface area contributed by atoms with E-state index in [9.17, 15) is 4.79 Å². The predicted molar refractivity (Wildman–Crippen MR) is 60.4 cm³/mol. The number of nitrogens with zero attached hydrogens (tertiary/aromatic N) is 2. The predicted octanol–water partition coefficient (Wildman–Crippen LogP) is 2.50. The average Bonchev–Trinajstić information content (AvgIpc) is 2.84. The summed E-state index contributed by atoms with van der Waals surface area (Å²) in [6.07, 6.45) is 3.42. The van der Waals surface area contributed by atoms with Crippen molar-refractivity contribution in [2.45, 2.75) is 20.4 Å². The van der Waals surface area contributed by atoms with Gasteiger partial charge in [-0.05, 0) is 30.9 Å². The molecular weight excluding hydrogens is 208 g/mol. The van der Waals surface area contributed by atoms with Crippen LogP contribution >= 0.6 is 11.3 Å². The van der Waals surface area contributed by atoms with Crippen molar-refractivity contribution >= 4 is 17.1 Å². The van der Waals surface area contributed by atoms with Crippen LogP contribution in [0.3, 0.4) is 0 Å². The fourth-order valence-corrected chi connectivity index (χ4v) is 2.28. The zero-order chi connectivity index (χ0) is 10.8. The van der Waals surface area contributed by atoms with E-state index < -0.39 is 0 Å². The monoisotopic (exact) mass is 220 g/mol. The second-order valence-electron chi connectivity index (χ2n) is 3.35. The molecule has 0 aromatic carbocycles. The third-order valence-electron chi connectivity index (χ3n) is 2.29. The third kappa shape index (κ3) is 1.85. The average molecular weight is 220 g/mol. The molecule has 0 aliphatic rings. The van der Waals surface area contributed by atoms with Crippen molar-refractivity contribution in [2.24, 2.45) is 0 Å². The fourth-order valence-electron chi connectivity index (χ4n) is 1.39. The van der Waals surface area contributed by atoms with Gasteiger partial charge in [-0.3, -0.25) is 9.48 Å². The number of aryl methyl sites for hydroxylation is 2. The number of carbonyl (C=O) groups is 1. The summed E-state index contributed by atoms with van der Waals surface area (Å²) in [4.78, 5) is 12.8. The third-order valence-corrected chi connectivity index (χ3v) is 3.30. The molecule has 0 spiro atoms. The first-order valence-electron chi connectivity index (χ1n) is 4.83. The second-order valence-corrected chi connectivity index (χ2v) is 4.26. The molecule has 2 aromatic heterocycles. The topological polar surface area (TPSA) is 34.9 Å². The number of rotatable bonds is 3. The van der Waals surface area contributed by atoms with E-state index in [0.29, 0.717) is 5.56 Å². The van der Waals surface area contributed by atoms with E-state index in [1.165, 1.54) is 11.3 Å². The van der Waals surface area contributed by atoms with Crippen molar-refractivity contribution in [3.8, 4) is 0 Å². The van der Waals surface area contributed by atoms with Gasteiger partial charge in [-0.25, -0.2) is 0 Å². The lowest BCUT2D eigenvalue weighted by molar-refractivity contribution is 0.104. The lowest BCUT2D eigenvalue weighted by Crippen LogP contribution is -1.99. The Balaban J connectivity index is 2.32. The van der Waals surface area contributed by atoms with Crippen molar-refractivity contribution < 1.29 is 4.79 Å². The summed E-state index contributed by atoms with van der Waals surface area (Å²) in [6, 6.07) is 1.96. The Hall–Kier alpha value is -1.42. The summed E-state index contributed by atoms with van der Waals surface area (Å²) in [6.45, 7) is 4.74. The van der Waals surface area contributed by atoms with E-state index in [4.69, 9.17) is 0 Å². The van der Waals surface area contributed by atoms with E-state index in [2.05, 4.69) is 5.10 Å². The van der Waals surface area contributed by atoms with Crippen LogP contribution in [0.5, 0.6) is 0 Å². The second kappa shape index (κ2) is 3.98. The molecule has 3 nitrogen and oxygen atoms in total. The van der Waals surface area contributed by atoms with Crippen molar-refractivity contribution in [3.63, 3.8) is 0 Å². The highest BCUT2D eigenvalue weighted by Crippen LogP contribution is 2.19. The molecule has 0 unspecified atom stereocenters. The van der Waals surface area contributed by atoms with Crippen molar-refractivity contribution in [2.75, 3.05) is 0 Å². The summed E-state index contributed by atoms with van der Waals surface area (Å²) >= 11 is 1.48. The van der Waals surface area contributed by atoms with Crippen LogP contribution in [0.25, 0.3) is 0 Å². The molecule has 0 bridgehead atoms. The van der Waals surface area contributed by atoms with E-state index in [1.807, 2.05) is 25.3 Å². The van der Waals surface area contributed by atoms with Gasteiger partial charge >= 0.3 is 0 Å². The van der Waals surface area contributed by atoms with Crippen molar-refractivity contribution in [1.82, 2.24) is 9.78 Å². The van der Waals surface area contributed by atoms with Gasteiger partial charge < -0.3 is 0 Å². The lowest BCUT2D eigenvalue weighted by Gasteiger charge is -1.95. The summed E-state index contributed by atoms with van der Waals surface area (Å²) in [7, 11) is 0. The molecule has 4 heteroatoms. The van der Waals surface area contributed by atoms with Crippen LogP contribution in [0, 0.1) is 6.92 Å². The molecule has 0 radical (unpaired) electrons. The number of aromatic nitrogens is 2. The number of hydrogen-bond donors (Lipinski definition) is 0. The Morgan fingerprint density at radius 1 is 1.60 bits per heavy atom. The summed E-state index contributed by atoms with van der Waals surface area (Å²) in [5.41, 5.74) is 1.71. The van der Waals surface area contributed by atoms with Crippen molar-refractivity contribution in [1.29, 1.82) is 0 Å². The van der Waals surface area contributed by atoms with Crippen LogP contribution in [-0.4, -0.2) is 15.6 Å². The van der Waals surface area contributed by atoms with E-state index in [0.717, 1.165) is 17.0 Å². The zero-order valence-electron chi connectivity index (χ0n) is 8.73. The van der Waals surface area contributed by atoms with Gasteiger partial charge in [-0.2, -0.15) is 5.10 Å². The van der Waals surface area contributed by atoms with Gasteiger partial charge in [0, 0.05) is 12.7 Å². The minimum absolute atomic E-state index is 0.0715. The Kier molecular flexibility index (Phi) is 2.68. The van der Waals surface area contributed by atoms with Crippen LogP contribution in [0.4, 0.5) is 0 Å². The van der Waals surface area contributed by atoms with Crippen LogP contribution in [0.15, 0.2) is 23.8 Å². The molecule has 0 fully saturated rings. The molecule has 2 heterocycles. The molecule has 0 amide bonds. The normalized spacial score (nSPS) is 10.5.